The fraction of sp³-hybridized carbons (Fsp3) is 0.0625. The van der Waals surface area contributed by atoms with Crippen LogP contribution in [0.25, 0.3) is 5.57 Å². The first-order valence-electron chi connectivity index (χ1n) is 5.89. The fourth-order valence-corrected chi connectivity index (χ4v) is 1.82. The first kappa shape index (κ1) is 13.2. The highest BCUT2D eigenvalue weighted by Gasteiger charge is 2.01. The minimum Gasteiger partial charge on any atom is -0.360 e. The van der Waals surface area contributed by atoms with Crippen LogP contribution in [-0.4, -0.2) is 0 Å². The number of nitrogens with one attached hydrogen (secondary N) is 1. The van der Waals surface area contributed by atoms with Crippen LogP contribution >= 0.6 is 11.6 Å². The van der Waals surface area contributed by atoms with Crippen molar-refractivity contribution in [2.45, 2.75) is 6.92 Å². The summed E-state index contributed by atoms with van der Waals surface area (Å²) in [6.07, 6.45) is 1.71. The van der Waals surface area contributed by atoms with E-state index in [1.165, 1.54) is 0 Å². The van der Waals surface area contributed by atoms with E-state index in [2.05, 4.69) is 11.4 Å². The van der Waals surface area contributed by atoms with Gasteiger partial charge in [-0.1, -0.05) is 41.9 Å². The van der Waals surface area contributed by atoms with Crippen molar-refractivity contribution < 1.29 is 0 Å². The number of benzene rings is 2. The second-order valence-corrected chi connectivity index (χ2v) is 4.57. The van der Waals surface area contributed by atoms with Crippen molar-refractivity contribution in [3.63, 3.8) is 0 Å². The number of anilines is 1. The SMILES string of the molecule is Cc1ccccc1N/C=C(\C#N)c1ccc(Cl)cc1. The standard InChI is InChI=1S/C16H13ClN2/c1-12-4-2-3-5-16(12)19-11-14(10-18)13-6-8-15(17)9-7-13/h2-9,11,19H,1H3/b14-11+. The third kappa shape index (κ3) is 3.37. The van der Waals surface area contributed by atoms with Gasteiger partial charge < -0.3 is 5.32 Å². The van der Waals surface area contributed by atoms with Gasteiger partial charge in [0.1, 0.15) is 6.07 Å². The van der Waals surface area contributed by atoms with Gasteiger partial charge in [0.05, 0.1) is 5.57 Å². The molecule has 0 aliphatic rings. The average Bonchev–Trinajstić information content (AvgIpc) is 2.43. The molecule has 0 atom stereocenters. The molecule has 0 aliphatic heterocycles. The number of allylic oxidation sites excluding steroid dienone is 1. The smallest absolute Gasteiger partial charge is 0.101 e. The van der Waals surface area contributed by atoms with Gasteiger partial charge in [-0.15, -0.1) is 0 Å². The number of para-hydroxylation sites is 1. The molecule has 2 nitrogen and oxygen atoms in total. The third-order valence-electron chi connectivity index (χ3n) is 2.79. The van der Waals surface area contributed by atoms with Gasteiger partial charge in [-0.3, -0.25) is 0 Å². The van der Waals surface area contributed by atoms with Gasteiger partial charge in [0.2, 0.25) is 0 Å². The lowest BCUT2D eigenvalue weighted by Crippen LogP contribution is -1.93. The highest BCUT2D eigenvalue weighted by molar-refractivity contribution is 6.30. The summed E-state index contributed by atoms with van der Waals surface area (Å²) in [4.78, 5) is 0. The van der Waals surface area contributed by atoms with E-state index in [0.717, 1.165) is 16.8 Å². The summed E-state index contributed by atoms with van der Waals surface area (Å²) in [6, 6.07) is 17.3. The van der Waals surface area contributed by atoms with Gasteiger partial charge in [0.15, 0.2) is 0 Å². The van der Waals surface area contributed by atoms with E-state index in [0.29, 0.717) is 10.6 Å². The molecule has 0 spiro atoms. The van der Waals surface area contributed by atoms with Crippen molar-refractivity contribution in [1.29, 1.82) is 5.26 Å². The quantitative estimate of drug-likeness (QED) is 0.824. The van der Waals surface area contributed by atoms with Crippen LogP contribution in [0.1, 0.15) is 11.1 Å². The summed E-state index contributed by atoms with van der Waals surface area (Å²) in [6.45, 7) is 2.02. The van der Waals surface area contributed by atoms with Gasteiger partial charge in [0, 0.05) is 16.9 Å². The van der Waals surface area contributed by atoms with E-state index in [9.17, 15) is 5.26 Å². The van der Waals surface area contributed by atoms with Crippen molar-refractivity contribution in [2.24, 2.45) is 0 Å². The van der Waals surface area contributed by atoms with Crippen molar-refractivity contribution >= 4 is 22.9 Å². The monoisotopic (exact) mass is 268 g/mol. The van der Waals surface area contributed by atoms with Crippen molar-refractivity contribution in [3.05, 3.63) is 70.9 Å². The Hall–Kier alpha value is -2.24. The molecule has 0 bridgehead atoms. The molecule has 0 fully saturated rings. The van der Waals surface area contributed by atoms with Gasteiger partial charge >= 0.3 is 0 Å². The maximum absolute atomic E-state index is 9.20. The molecule has 0 aromatic heterocycles. The number of rotatable bonds is 3. The highest BCUT2D eigenvalue weighted by Crippen LogP contribution is 2.19. The molecule has 0 amide bonds. The molecule has 0 saturated carbocycles. The van der Waals surface area contributed by atoms with Crippen LogP contribution in [0.15, 0.2) is 54.7 Å². The molecule has 19 heavy (non-hydrogen) atoms. The number of nitrogens with zero attached hydrogens (tertiary/aromatic N) is 1. The minimum absolute atomic E-state index is 0.569. The minimum atomic E-state index is 0.569. The summed E-state index contributed by atoms with van der Waals surface area (Å²) in [5, 5.41) is 13.0. The molecule has 1 N–H and O–H groups in total. The number of hydrogen-bond donors (Lipinski definition) is 1. The maximum atomic E-state index is 9.20. The number of nitriles is 1. The Morgan fingerprint density at radius 1 is 1.16 bits per heavy atom. The summed E-state index contributed by atoms with van der Waals surface area (Å²) in [5.41, 5.74) is 3.53. The highest BCUT2D eigenvalue weighted by atomic mass is 35.5. The number of halogens is 1. The van der Waals surface area contributed by atoms with Crippen molar-refractivity contribution in [1.82, 2.24) is 0 Å². The summed E-state index contributed by atoms with van der Waals surface area (Å²) in [7, 11) is 0. The van der Waals surface area contributed by atoms with Crippen LogP contribution < -0.4 is 5.32 Å². The normalized spacial score (nSPS) is 10.9. The lowest BCUT2D eigenvalue weighted by molar-refractivity contribution is 1.43. The molecular weight excluding hydrogens is 256 g/mol. The molecule has 0 radical (unpaired) electrons. The van der Waals surface area contributed by atoms with E-state index in [4.69, 9.17) is 11.6 Å². The zero-order valence-corrected chi connectivity index (χ0v) is 11.3. The predicted octanol–water partition coefficient (Wildman–Crippen LogP) is 4.63. The Morgan fingerprint density at radius 3 is 2.47 bits per heavy atom. The van der Waals surface area contributed by atoms with Crippen LogP contribution in [0.3, 0.4) is 0 Å². The van der Waals surface area contributed by atoms with E-state index in [1.54, 1.807) is 18.3 Å². The second-order valence-electron chi connectivity index (χ2n) is 4.14. The van der Waals surface area contributed by atoms with Crippen molar-refractivity contribution in [2.75, 3.05) is 5.32 Å². The summed E-state index contributed by atoms with van der Waals surface area (Å²) >= 11 is 5.84. The fourth-order valence-electron chi connectivity index (χ4n) is 1.69. The topological polar surface area (TPSA) is 35.8 Å². The summed E-state index contributed by atoms with van der Waals surface area (Å²) in [5.74, 6) is 0. The Morgan fingerprint density at radius 2 is 1.84 bits per heavy atom. The summed E-state index contributed by atoms with van der Waals surface area (Å²) < 4.78 is 0. The van der Waals surface area contributed by atoms with Gasteiger partial charge in [-0.05, 0) is 36.2 Å². The van der Waals surface area contributed by atoms with Crippen molar-refractivity contribution in [3.8, 4) is 6.07 Å². The largest absolute Gasteiger partial charge is 0.360 e. The van der Waals surface area contributed by atoms with Crippen LogP contribution in [0.4, 0.5) is 5.69 Å². The third-order valence-corrected chi connectivity index (χ3v) is 3.04. The van der Waals surface area contributed by atoms with E-state index < -0.39 is 0 Å². The molecule has 2 rings (SSSR count). The van der Waals surface area contributed by atoms with E-state index in [-0.39, 0.29) is 0 Å². The zero-order chi connectivity index (χ0) is 13.7. The predicted molar refractivity (Wildman–Crippen MR) is 79.8 cm³/mol. The van der Waals surface area contributed by atoms with E-state index >= 15 is 0 Å². The van der Waals surface area contributed by atoms with Crippen LogP contribution in [0, 0.1) is 18.3 Å². The van der Waals surface area contributed by atoms with E-state index in [1.807, 2.05) is 43.3 Å². The molecule has 0 aliphatic carbocycles. The van der Waals surface area contributed by atoms with Crippen LogP contribution in [-0.2, 0) is 0 Å². The Labute approximate surface area is 118 Å². The van der Waals surface area contributed by atoms with Crippen LogP contribution in [0.5, 0.6) is 0 Å². The lowest BCUT2D eigenvalue weighted by atomic mass is 10.1. The number of hydrogen-bond acceptors (Lipinski definition) is 2. The molecule has 0 saturated heterocycles. The average molecular weight is 269 g/mol. The molecule has 2 aromatic rings. The second kappa shape index (κ2) is 6.08. The molecule has 0 unspecified atom stereocenters. The molecule has 94 valence electrons. The zero-order valence-electron chi connectivity index (χ0n) is 10.5. The lowest BCUT2D eigenvalue weighted by Gasteiger charge is -2.06. The molecule has 3 heteroatoms. The van der Waals surface area contributed by atoms with Gasteiger partial charge in [-0.25, -0.2) is 0 Å². The molecule has 2 aromatic carbocycles. The first-order chi connectivity index (χ1) is 9.20. The maximum Gasteiger partial charge on any atom is 0.101 e. The Bertz CT molecular complexity index is 637. The Balaban J connectivity index is 2.23. The van der Waals surface area contributed by atoms with Gasteiger partial charge in [0.25, 0.3) is 0 Å². The van der Waals surface area contributed by atoms with Gasteiger partial charge in [-0.2, -0.15) is 5.26 Å². The molecule has 0 heterocycles. The molecular formula is C16H13ClN2. The number of aryl methyl sites for hydroxylation is 1. The van der Waals surface area contributed by atoms with Crippen LogP contribution in [0.2, 0.25) is 5.02 Å². The first-order valence-corrected chi connectivity index (χ1v) is 6.27. The Kier molecular flexibility index (Phi) is 4.22.